The maximum atomic E-state index is 8.52. The number of hydrogen-bond donors (Lipinski definition) is 0. The molecule has 3 radical (unpaired) electrons. The maximum Gasteiger partial charge on any atom is 2.00 e. The van der Waals surface area contributed by atoms with E-state index < -0.39 is 10.4 Å². The van der Waals surface area contributed by atoms with Gasteiger partial charge in [0.1, 0.15) is 0 Å². The molecule has 0 aliphatic rings. The molecule has 0 rings (SSSR count). The maximum absolute atomic E-state index is 8.52. The summed E-state index contributed by atoms with van der Waals surface area (Å²) in [6.07, 6.45) is 0. The van der Waals surface area contributed by atoms with E-state index in [0.29, 0.717) is 0 Å². The van der Waals surface area contributed by atoms with Crippen LogP contribution in [0.15, 0.2) is 0 Å². The molecule has 0 fully saturated rings. The second kappa shape index (κ2) is 8.43. The number of hydrogen-bond acceptors (Lipinski definition) is 4. The first-order chi connectivity index (χ1) is 2.00. The molecule has 8 heavy (non-hydrogen) atoms. The van der Waals surface area contributed by atoms with Crippen molar-refractivity contribution in [3.8, 4) is 0 Å². The molecule has 0 aliphatic carbocycles. The van der Waals surface area contributed by atoms with Crippen molar-refractivity contribution in [3.05, 3.63) is 0 Å². The van der Waals surface area contributed by atoms with Gasteiger partial charge < -0.3 is 14.8 Å². The van der Waals surface area contributed by atoms with Crippen molar-refractivity contribution in [1.29, 1.82) is 0 Å². The Kier molecular flexibility index (Phi) is 23.9. The standard InChI is InChI=1S/3Mn.H2O4S.4H/c;;;1-5(2,3)4;;;;/h;;;(H2,1,2,3,4);;;;/q3*+2;;4*-1/p-2. The molecule has 0 saturated carbocycles. The summed E-state index contributed by atoms with van der Waals surface area (Å²) in [5.41, 5.74) is 0. The summed E-state index contributed by atoms with van der Waals surface area (Å²) in [5.74, 6) is 0. The van der Waals surface area contributed by atoms with E-state index in [-0.39, 0.29) is 56.9 Å². The van der Waals surface area contributed by atoms with Crippen LogP contribution in [0.25, 0.3) is 0 Å². The van der Waals surface area contributed by atoms with Crippen LogP contribution in [-0.2, 0) is 61.6 Å². The van der Waals surface area contributed by atoms with Crippen molar-refractivity contribution in [1.82, 2.24) is 0 Å². The average Bonchev–Trinajstić information content (AvgIpc) is 0.722. The molecular formula is H4Mn3O4S. The molecule has 0 aromatic carbocycles. The Bertz CT molecular complexity index is 105. The van der Waals surface area contributed by atoms with E-state index in [4.69, 9.17) is 17.5 Å². The van der Waals surface area contributed by atoms with Crippen molar-refractivity contribution < 1.29 is 74.4 Å². The van der Waals surface area contributed by atoms with E-state index >= 15 is 0 Å². The van der Waals surface area contributed by atoms with E-state index in [2.05, 4.69) is 0 Å². The molecule has 4 nitrogen and oxygen atoms in total. The van der Waals surface area contributed by atoms with Crippen LogP contribution in [0, 0.1) is 0 Å². The first-order valence-corrected chi connectivity index (χ1v) is 2.00. The van der Waals surface area contributed by atoms with Gasteiger partial charge in [-0.05, 0) is 0 Å². The van der Waals surface area contributed by atoms with Crippen LogP contribution >= 0.6 is 0 Å². The molecule has 0 aromatic rings. The largest absolute Gasteiger partial charge is 2.00 e. The molecule has 0 heterocycles. The predicted octanol–water partition coefficient (Wildman–Crippen LogP) is -0.895. The van der Waals surface area contributed by atoms with E-state index in [0.717, 1.165) is 0 Å². The summed E-state index contributed by atoms with van der Waals surface area (Å²) >= 11 is 0. The predicted molar refractivity (Wildman–Crippen MR) is 14.9 cm³/mol. The van der Waals surface area contributed by atoms with Crippen molar-refractivity contribution in [3.63, 3.8) is 0 Å². The minimum absolute atomic E-state index is 0. The third-order valence-corrected chi connectivity index (χ3v) is 0. The summed E-state index contributed by atoms with van der Waals surface area (Å²) in [6.45, 7) is 0. The fourth-order valence-electron chi connectivity index (χ4n) is 0. The Balaban J connectivity index is -0.00000000381. The summed E-state index contributed by atoms with van der Waals surface area (Å²) in [4.78, 5) is 0. The first-order valence-electron chi connectivity index (χ1n) is 0.667. The Labute approximate surface area is 84.7 Å². The van der Waals surface area contributed by atoms with Gasteiger partial charge in [-0.25, -0.2) is 0 Å². The Morgan fingerprint density at radius 2 is 1.00 bits per heavy atom. The Morgan fingerprint density at radius 1 is 1.00 bits per heavy atom. The molecular weight excluding hydrogens is 261 g/mol. The zero-order valence-corrected chi connectivity index (χ0v) is 7.53. The van der Waals surface area contributed by atoms with E-state index in [1.165, 1.54) is 0 Å². The van der Waals surface area contributed by atoms with Crippen molar-refractivity contribution in [2.45, 2.75) is 0 Å². The van der Waals surface area contributed by atoms with Crippen molar-refractivity contribution in [2.75, 3.05) is 0 Å². The molecule has 0 aromatic heterocycles. The molecule has 0 spiro atoms. The van der Waals surface area contributed by atoms with Crippen molar-refractivity contribution in [2.24, 2.45) is 0 Å². The topological polar surface area (TPSA) is 80.3 Å². The third-order valence-electron chi connectivity index (χ3n) is 0. The van der Waals surface area contributed by atoms with Gasteiger partial charge in [-0.2, -0.15) is 0 Å². The zero-order chi connectivity index (χ0) is 4.50. The molecule has 55 valence electrons. The molecule has 0 amide bonds. The third kappa shape index (κ3) is 150. The SMILES string of the molecule is O=S(=O)([O-])[O-].[H-].[H-].[H-].[H-].[Mn+2].[Mn+2].[Mn+2]. The van der Waals surface area contributed by atoms with Crippen LogP contribution in [-0.4, -0.2) is 17.5 Å². The molecule has 0 atom stereocenters. The first kappa shape index (κ1) is 22.7. The monoisotopic (exact) mass is 265 g/mol. The van der Waals surface area contributed by atoms with Crippen LogP contribution in [0.4, 0.5) is 0 Å². The molecule has 0 saturated heterocycles. The van der Waals surface area contributed by atoms with E-state index in [1.54, 1.807) is 0 Å². The summed E-state index contributed by atoms with van der Waals surface area (Å²) in [7, 11) is -5.17. The van der Waals surface area contributed by atoms with Crippen LogP contribution in [0.3, 0.4) is 0 Å². The van der Waals surface area contributed by atoms with Gasteiger partial charge >= 0.3 is 51.2 Å². The zero-order valence-electron chi connectivity index (χ0n) is 7.18. The summed E-state index contributed by atoms with van der Waals surface area (Å²) in [6, 6.07) is 0. The molecule has 0 unspecified atom stereocenters. The van der Waals surface area contributed by atoms with E-state index in [1.807, 2.05) is 0 Å². The minimum Gasteiger partial charge on any atom is -1.00 e. The molecule has 0 bridgehead atoms. The Hall–Kier alpha value is 1.43. The quantitative estimate of drug-likeness (QED) is 0.323. The summed E-state index contributed by atoms with van der Waals surface area (Å²) in [5, 5.41) is 0. The number of rotatable bonds is 0. The van der Waals surface area contributed by atoms with Crippen LogP contribution in [0.5, 0.6) is 0 Å². The molecule has 0 N–H and O–H groups in total. The molecule has 0 aliphatic heterocycles. The van der Waals surface area contributed by atoms with Crippen LogP contribution in [0.2, 0.25) is 0 Å². The second-order valence-corrected chi connectivity index (χ2v) is 1.22. The average molecular weight is 265 g/mol. The molecule has 8 heteroatoms. The van der Waals surface area contributed by atoms with Gasteiger partial charge in [0.25, 0.3) is 0 Å². The van der Waals surface area contributed by atoms with Gasteiger partial charge in [-0.15, -0.1) is 0 Å². The van der Waals surface area contributed by atoms with Crippen molar-refractivity contribution >= 4 is 10.4 Å². The van der Waals surface area contributed by atoms with Gasteiger partial charge in [0.2, 0.25) is 0 Å². The normalized spacial score (nSPS) is 7.25. The van der Waals surface area contributed by atoms with Gasteiger partial charge in [-0.3, -0.25) is 8.42 Å². The fourth-order valence-corrected chi connectivity index (χ4v) is 0. The Morgan fingerprint density at radius 3 is 1.00 bits per heavy atom. The van der Waals surface area contributed by atoms with Gasteiger partial charge in [0, 0.05) is 10.4 Å². The van der Waals surface area contributed by atoms with Crippen LogP contribution < -0.4 is 0 Å². The van der Waals surface area contributed by atoms with Gasteiger partial charge in [0.05, 0.1) is 0 Å². The second-order valence-electron chi connectivity index (χ2n) is 0.408. The van der Waals surface area contributed by atoms with Gasteiger partial charge in [0.15, 0.2) is 0 Å². The minimum atomic E-state index is -5.17. The summed E-state index contributed by atoms with van der Waals surface area (Å²) < 4.78 is 34.1. The van der Waals surface area contributed by atoms with E-state index in [9.17, 15) is 0 Å². The van der Waals surface area contributed by atoms with Gasteiger partial charge in [-0.1, -0.05) is 0 Å². The van der Waals surface area contributed by atoms with Crippen LogP contribution in [0.1, 0.15) is 5.71 Å². The fraction of sp³-hybridized carbons (Fsp3) is 0. The smallest absolute Gasteiger partial charge is 1.00 e.